The average Bonchev–Trinajstić information content (AvgIpc) is 3.48. The van der Waals surface area contributed by atoms with Crippen molar-refractivity contribution in [3.63, 3.8) is 0 Å². The zero-order chi connectivity index (χ0) is 34.2. The highest BCUT2D eigenvalue weighted by molar-refractivity contribution is 5.65. The monoisotopic (exact) mass is 637 g/mol. The summed E-state index contributed by atoms with van der Waals surface area (Å²) >= 11 is 0. The smallest absolute Gasteiger partial charge is 0.00769 e. The van der Waals surface area contributed by atoms with E-state index in [2.05, 4.69) is 125 Å². The van der Waals surface area contributed by atoms with E-state index in [1.807, 2.05) is 0 Å². The third-order valence-corrected chi connectivity index (χ3v) is 29.6. The lowest BCUT2D eigenvalue weighted by atomic mass is 8.91. The number of hydrogen-bond acceptors (Lipinski definition) is 0. The molecule has 0 heterocycles. The molecule has 13 aliphatic rings. The van der Waals surface area contributed by atoms with Crippen LogP contribution in [0.25, 0.3) is 0 Å². The Bertz CT molecular complexity index is 1750. The van der Waals surface area contributed by atoms with Gasteiger partial charge in [0.2, 0.25) is 0 Å². The number of hydrogen-bond donors (Lipinski definition) is 0. The molecule has 0 amide bonds. The molecule has 1 spiro atoms. The van der Waals surface area contributed by atoms with Crippen LogP contribution in [0.4, 0.5) is 0 Å². The van der Waals surface area contributed by atoms with Gasteiger partial charge in [0.25, 0.3) is 0 Å². The van der Waals surface area contributed by atoms with Crippen molar-refractivity contribution in [3.8, 4) is 0 Å². The molecular formula is C47H72. The molecule has 13 fully saturated rings. The van der Waals surface area contributed by atoms with E-state index < -0.39 is 0 Å². The maximum absolute atomic E-state index is 3.13. The lowest BCUT2D eigenvalue weighted by molar-refractivity contribution is -0.659. The Kier molecular flexibility index (Phi) is 3.69. The van der Waals surface area contributed by atoms with E-state index in [-0.39, 0.29) is 5.41 Å². The molecule has 13 saturated carbocycles. The van der Waals surface area contributed by atoms with Gasteiger partial charge in [-0.2, -0.15) is 0 Å². The van der Waals surface area contributed by atoms with E-state index in [0.29, 0.717) is 86.6 Å². The van der Waals surface area contributed by atoms with Crippen molar-refractivity contribution in [2.24, 2.45) is 128 Å². The van der Waals surface area contributed by atoms with Gasteiger partial charge < -0.3 is 0 Å². The molecule has 13 rings (SSSR count). The fraction of sp³-hybridized carbons (Fsp3) is 1.00. The Morgan fingerprint density at radius 2 is 1.15 bits per heavy atom. The van der Waals surface area contributed by atoms with Gasteiger partial charge in [-0.3, -0.25) is 0 Å². The summed E-state index contributed by atoms with van der Waals surface area (Å²) < 4.78 is 0. The molecule has 0 aromatic carbocycles. The van der Waals surface area contributed by atoms with Gasteiger partial charge in [-0.15, -0.1) is 0 Å². The summed E-state index contributed by atoms with van der Waals surface area (Å²) in [6.45, 7) is 54.2. The van der Waals surface area contributed by atoms with E-state index in [4.69, 9.17) is 0 Å². The van der Waals surface area contributed by atoms with Crippen LogP contribution in [0.2, 0.25) is 0 Å². The minimum absolute atomic E-state index is 0.284. The molecule has 13 aliphatic carbocycles. The van der Waals surface area contributed by atoms with Crippen molar-refractivity contribution in [2.75, 3.05) is 0 Å². The van der Waals surface area contributed by atoms with Crippen LogP contribution in [0, 0.1) is 128 Å². The minimum Gasteiger partial charge on any atom is -0.0648 e. The first kappa shape index (κ1) is 29.6. The van der Waals surface area contributed by atoms with Gasteiger partial charge >= 0.3 is 0 Å². The zero-order valence-electron chi connectivity index (χ0n) is 34.2. The van der Waals surface area contributed by atoms with Crippen LogP contribution in [0.3, 0.4) is 0 Å². The van der Waals surface area contributed by atoms with Gasteiger partial charge in [0.05, 0.1) is 0 Å². The topological polar surface area (TPSA) is 0 Å². The molecule has 47 heavy (non-hydrogen) atoms. The van der Waals surface area contributed by atoms with Crippen molar-refractivity contribution in [1.82, 2.24) is 0 Å². The van der Waals surface area contributed by atoms with Crippen LogP contribution in [0.5, 0.6) is 0 Å². The Morgan fingerprint density at radius 1 is 0.532 bits per heavy atom. The summed E-state index contributed by atoms with van der Waals surface area (Å²) in [4.78, 5) is 0. The van der Waals surface area contributed by atoms with Crippen LogP contribution in [0.15, 0.2) is 0 Å². The molecule has 9 bridgehead atoms. The third-order valence-electron chi connectivity index (χ3n) is 29.6. The summed E-state index contributed by atoms with van der Waals surface area (Å²) in [5.41, 5.74) is 6.02. The minimum atomic E-state index is 0.284. The second-order valence-corrected chi connectivity index (χ2v) is 25.9. The molecule has 0 radical (unpaired) electrons. The number of fused-ring (bicyclic) bond motifs is 10. The van der Waals surface area contributed by atoms with Crippen molar-refractivity contribution in [1.29, 1.82) is 0 Å². The molecule has 0 heteroatoms. The molecule has 0 aromatic heterocycles. The number of rotatable bonds is 1. The van der Waals surface area contributed by atoms with Crippen LogP contribution in [0.1, 0.15) is 163 Å². The largest absolute Gasteiger partial charge is 0.0648 e. The van der Waals surface area contributed by atoms with Gasteiger partial charge in [-0.1, -0.05) is 125 Å². The first-order valence-corrected chi connectivity index (χ1v) is 21.2. The summed E-state index contributed by atoms with van der Waals surface area (Å²) in [7, 11) is 0. The third kappa shape index (κ3) is 1.38. The van der Waals surface area contributed by atoms with Crippen molar-refractivity contribution in [2.45, 2.75) is 163 Å². The molecule has 22 atom stereocenters. The molecule has 0 nitrogen and oxygen atoms in total. The maximum atomic E-state index is 3.13. The van der Waals surface area contributed by atoms with E-state index in [1.54, 1.807) is 6.42 Å². The first-order chi connectivity index (χ1) is 21.2. The van der Waals surface area contributed by atoms with E-state index >= 15 is 0 Å². The Hall–Kier alpha value is 0. The molecule has 0 aromatic rings. The van der Waals surface area contributed by atoms with Crippen molar-refractivity contribution in [3.05, 3.63) is 0 Å². The molecule has 0 saturated heterocycles. The van der Waals surface area contributed by atoms with Gasteiger partial charge in [0.1, 0.15) is 0 Å². The van der Waals surface area contributed by atoms with Gasteiger partial charge in [-0.25, -0.2) is 0 Å². The van der Waals surface area contributed by atoms with Crippen LogP contribution < -0.4 is 0 Å². The Morgan fingerprint density at radius 3 is 1.74 bits per heavy atom. The van der Waals surface area contributed by atoms with E-state index in [0.717, 1.165) is 35.5 Å². The van der Waals surface area contributed by atoms with Crippen LogP contribution in [-0.4, -0.2) is 0 Å². The molecule has 0 N–H and O–H groups in total. The van der Waals surface area contributed by atoms with Crippen LogP contribution in [-0.2, 0) is 0 Å². The normalized spacial score (nSPS) is 85.1. The van der Waals surface area contributed by atoms with E-state index in [9.17, 15) is 0 Å². The predicted octanol–water partition coefficient (Wildman–Crippen LogP) is 12.3. The second kappa shape index (κ2) is 5.87. The summed E-state index contributed by atoms with van der Waals surface area (Å²) in [6, 6.07) is 0. The summed E-state index contributed by atoms with van der Waals surface area (Å²) in [5.74, 6) is 5.05. The quantitative estimate of drug-likeness (QED) is 0.251. The average molecular weight is 637 g/mol. The fourth-order valence-corrected chi connectivity index (χ4v) is 30.1. The predicted molar refractivity (Wildman–Crippen MR) is 192 cm³/mol. The van der Waals surface area contributed by atoms with Gasteiger partial charge in [-0.05, 0) is 166 Å². The SMILES string of the molecule is CCC12C3(C)C4(C)C5C6C(C)C4(C)C3(C)C1(C)C1(C)C3(C)CC4(C)CC5C(C)(C)C5(C)C7(C)C(CC8C6(C)CC(C)(C35C)C87C12C)C4. The summed E-state index contributed by atoms with van der Waals surface area (Å²) in [6.07, 6.45) is 9.03. The molecular weight excluding hydrogens is 565 g/mol. The van der Waals surface area contributed by atoms with E-state index in [1.165, 1.54) is 32.1 Å². The lowest BCUT2D eigenvalue weighted by Crippen LogP contribution is -3.09. The summed E-state index contributed by atoms with van der Waals surface area (Å²) in [5, 5.41) is 0. The standard InChI is InChI=1S/C47H72/c1-19-46-43(16)38(11)30-27-22-32(5)21-26-20-28-33(6)24-35(8)40(13)34(7,23-32)41(14,44(46,17)42(43,15)36(38,9)25(2)29(30)33)45(46,18)47(28,35)37(26,10)39(40,12)31(27,3)4/h25-30H,19-24H2,1-18H3. The van der Waals surface area contributed by atoms with Gasteiger partial charge in [0, 0.05) is 0 Å². The Balaban J connectivity index is 1.48. The lowest BCUT2D eigenvalue weighted by Gasteiger charge is -3.12. The van der Waals surface area contributed by atoms with Crippen molar-refractivity contribution >= 4 is 0 Å². The van der Waals surface area contributed by atoms with Crippen LogP contribution >= 0.6 is 0 Å². The highest BCUT2D eigenvalue weighted by atomic mass is 15.2. The zero-order valence-corrected chi connectivity index (χ0v) is 34.2. The Labute approximate surface area is 289 Å². The highest BCUT2D eigenvalue weighted by Crippen LogP contribution is 3.22. The van der Waals surface area contributed by atoms with Crippen molar-refractivity contribution < 1.29 is 0 Å². The fourth-order valence-electron chi connectivity index (χ4n) is 30.1. The molecule has 260 valence electrons. The second-order valence-electron chi connectivity index (χ2n) is 25.9. The molecule has 22 unspecified atom stereocenters. The molecule has 0 aliphatic heterocycles. The first-order valence-electron chi connectivity index (χ1n) is 21.2. The maximum Gasteiger partial charge on any atom is -0.00769 e. The highest BCUT2D eigenvalue weighted by Gasteiger charge is 3.19. The van der Waals surface area contributed by atoms with Gasteiger partial charge in [0.15, 0.2) is 0 Å².